The van der Waals surface area contributed by atoms with Gasteiger partial charge in [-0.15, -0.1) is 0 Å². The predicted molar refractivity (Wildman–Crippen MR) is 88.5 cm³/mol. The molecule has 128 valence electrons. The molecule has 1 atom stereocenters. The number of para-hydroxylation sites is 2. The Bertz CT molecular complexity index is 661. The molecule has 1 saturated heterocycles. The van der Waals surface area contributed by atoms with Crippen molar-refractivity contribution in [3.05, 3.63) is 24.3 Å². The Morgan fingerprint density at radius 1 is 1.21 bits per heavy atom. The van der Waals surface area contributed by atoms with Crippen LogP contribution >= 0.6 is 0 Å². The fourth-order valence-electron chi connectivity index (χ4n) is 3.30. The molecular formula is C17H21N3O4. The molecule has 0 aliphatic carbocycles. The molecule has 3 rings (SSSR count). The number of likely N-dealkylation sites (tertiary alicyclic amines) is 1. The van der Waals surface area contributed by atoms with Gasteiger partial charge in [0.25, 0.3) is 0 Å². The number of aliphatic hydroxyl groups is 1. The number of anilines is 2. The Hall–Kier alpha value is -2.41. The van der Waals surface area contributed by atoms with Crippen LogP contribution in [0.15, 0.2) is 24.3 Å². The quantitative estimate of drug-likeness (QED) is 0.851. The van der Waals surface area contributed by atoms with Gasteiger partial charge < -0.3 is 20.2 Å². The van der Waals surface area contributed by atoms with Crippen molar-refractivity contribution in [2.24, 2.45) is 0 Å². The molecule has 1 aromatic carbocycles. The smallest absolute Gasteiger partial charge is 0.244 e. The number of rotatable bonds is 4. The van der Waals surface area contributed by atoms with Crippen LogP contribution in [0.2, 0.25) is 0 Å². The maximum Gasteiger partial charge on any atom is 0.244 e. The summed E-state index contributed by atoms with van der Waals surface area (Å²) in [5.41, 5.74) is 1.26. The number of fused-ring (bicyclic) bond motifs is 1. The molecule has 2 aliphatic rings. The molecule has 2 aliphatic heterocycles. The van der Waals surface area contributed by atoms with E-state index in [1.165, 1.54) is 4.90 Å². The summed E-state index contributed by atoms with van der Waals surface area (Å²) in [5, 5.41) is 12.0. The van der Waals surface area contributed by atoms with Crippen LogP contribution in [0.3, 0.4) is 0 Å². The maximum atomic E-state index is 12.5. The van der Waals surface area contributed by atoms with Crippen molar-refractivity contribution in [3.63, 3.8) is 0 Å². The molecular weight excluding hydrogens is 310 g/mol. The third-order valence-electron chi connectivity index (χ3n) is 4.53. The number of hydrogen-bond donors (Lipinski definition) is 2. The van der Waals surface area contributed by atoms with Crippen molar-refractivity contribution < 1.29 is 19.5 Å². The van der Waals surface area contributed by atoms with Gasteiger partial charge in [0.1, 0.15) is 6.54 Å². The van der Waals surface area contributed by atoms with Crippen LogP contribution in [0.1, 0.15) is 25.7 Å². The lowest BCUT2D eigenvalue weighted by molar-refractivity contribution is -0.134. The Morgan fingerprint density at radius 3 is 2.75 bits per heavy atom. The highest BCUT2D eigenvalue weighted by Crippen LogP contribution is 2.29. The van der Waals surface area contributed by atoms with E-state index in [2.05, 4.69) is 5.32 Å². The average molecular weight is 331 g/mol. The lowest BCUT2D eigenvalue weighted by atomic mass is 10.1. The van der Waals surface area contributed by atoms with E-state index in [0.717, 1.165) is 12.8 Å². The van der Waals surface area contributed by atoms with Crippen LogP contribution in [-0.2, 0) is 14.4 Å². The largest absolute Gasteiger partial charge is 0.394 e. The van der Waals surface area contributed by atoms with Gasteiger partial charge in [-0.2, -0.15) is 0 Å². The first-order chi connectivity index (χ1) is 11.6. The molecule has 2 N–H and O–H groups in total. The van der Waals surface area contributed by atoms with E-state index in [-0.39, 0.29) is 49.8 Å². The highest BCUT2D eigenvalue weighted by Gasteiger charge is 2.30. The Kier molecular flexibility index (Phi) is 4.80. The van der Waals surface area contributed by atoms with Gasteiger partial charge in [-0.3, -0.25) is 14.4 Å². The number of aliphatic hydroxyl groups excluding tert-OH is 1. The van der Waals surface area contributed by atoms with E-state index in [0.29, 0.717) is 17.9 Å². The number of amides is 3. The van der Waals surface area contributed by atoms with Crippen LogP contribution < -0.4 is 10.2 Å². The first kappa shape index (κ1) is 16.4. The third-order valence-corrected chi connectivity index (χ3v) is 4.53. The van der Waals surface area contributed by atoms with E-state index in [1.807, 2.05) is 0 Å². The number of carbonyl (C=O) groups is 3. The fraction of sp³-hybridized carbons (Fsp3) is 0.471. The van der Waals surface area contributed by atoms with Crippen LogP contribution in [0.25, 0.3) is 0 Å². The second-order valence-corrected chi connectivity index (χ2v) is 6.11. The molecule has 1 aromatic rings. The zero-order valence-electron chi connectivity index (χ0n) is 13.4. The molecule has 0 unspecified atom stereocenters. The lowest BCUT2D eigenvalue weighted by Gasteiger charge is -2.29. The third kappa shape index (κ3) is 3.26. The van der Waals surface area contributed by atoms with Crippen LogP contribution in [-0.4, -0.2) is 53.5 Å². The van der Waals surface area contributed by atoms with E-state index in [9.17, 15) is 19.5 Å². The van der Waals surface area contributed by atoms with Crippen molar-refractivity contribution in [1.82, 2.24) is 4.90 Å². The molecule has 7 nitrogen and oxygen atoms in total. The van der Waals surface area contributed by atoms with Gasteiger partial charge in [0.15, 0.2) is 0 Å². The summed E-state index contributed by atoms with van der Waals surface area (Å²) >= 11 is 0. The molecule has 0 aromatic heterocycles. The highest BCUT2D eigenvalue weighted by molar-refractivity contribution is 6.10. The van der Waals surface area contributed by atoms with Gasteiger partial charge in [-0.05, 0) is 25.0 Å². The van der Waals surface area contributed by atoms with Gasteiger partial charge in [0.05, 0.1) is 24.0 Å². The zero-order valence-corrected chi connectivity index (χ0v) is 13.4. The maximum absolute atomic E-state index is 12.5. The molecule has 0 bridgehead atoms. The van der Waals surface area contributed by atoms with Crippen LogP contribution in [0.5, 0.6) is 0 Å². The monoisotopic (exact) mass is 331 g/mol. The number of nitrogens with zero attached hydrogens (tertiary/aromatic N) is 2. The van der Waals surface area contributed by atoms with Crippen molar-refractivity contribution in [2.75, 3.05) is 29.9 Å². The fourth-order valence-corrected chi connectivity index (χ4v) is 3.30. The van der Waals surface area contributed by atoms with Crippen molar-refractivity contribution in [2.45, 2.75) is 31.7 Å². The second-order valence-electron chi connectivity index (χ2n) is 6.11. The van der Waals surface area contributed by atoms with Crippen LogP contribution in [0.4, 0.5) is 11.4 Å². The van der Waals surface area contributed by atoms with Crippen molar-refractivity contribution in [3.8, 4) is 0 Å². The normalized spacial score (nSPS) is 19.9. The summed E-state index contributed by atoms with van der Waals surface area (Å²) in [6, 6.07) is 6.98. The summed E-state index contributed by atoms with van der Waals surface area (Å²) in [4.78, 5) is 39.6. The summed E-state index contributed by atoms with van der Waals surface area (Å²) in [5.74, 6) is -0.603. The molecule has 24 heavy (non-hydrogen) atoms. The first-order valence-electron chi connectivity index (χ1n) is 8.19. The van der Waals surface area contributed by atoms with Gasteiger partial charge in [0, 0.05) is 19.4 Å². The van der Waals surface area contributed by atoms with E-state index in [4.69, 9.17) is 0 Å². The summed E-state index contributed by atoms with van der Waals surface area (Å²) in [7, 11) is 0. The minimum absolute atomic E-state index is 0.0347. The molecule has 0 radical (unpaired) electrons. The molecule has 3 amide bonds. The SMILES string of the molecule is O=C1CN(C(=O)CCC(=O)N2CCC[C@H]2CO)c2ccccc2N1. The number of hydrogen-bond acceptors (Lipinski definition) is 4. The van der Waals surface area contributed by atoms with Gasteiger partial charge >= 0.3 is 0 Å². The number of benzene rings is 1. The zero-order chi connectivity index (χ0) is 17.1. The molecule has 2 heterocycles. The Morgan fingerprint density at radius 2 is 1.96 bits per heavy atom. The Balaban J connectivity index is 1.63. The predicted octanol–water partition coefficient (Wildman–Crippen LogP) is 0.735. The summed E-state index contributed by atoms with van der Waals surface area (Å²) < 4.78 is 0. The molecule has 0 saturated carbocycles. The van der Waals surface area contributed by atoms with Crippen molar-refractivity contribution >= 4 is 29.1 Å². The van der Waals surface area contributed by atoms with E-state index < -0.39 is 0 Å². The summed E-state index contributed by atoms with van der Waals surface area (Å²) in [6.07, 6.45) is 1.82. The first-order valence-corrected chi connectivity index (χ1v) is 8.19. The Labute approximate surface area is 140 Å². The lowest BCUT2D eigenvalue weighted by Crippen LogP contribution is -2.43. The molecule has 1 fully saturated rings. The number of nitrogens with one attached hydrogen (secondary N) is 1. The van der Waals surface area contributed by atoms with Gasteiger partial charge in [-0.1, -0.05) is 12.1 Å². The molecule has 7 heteroatoms. The standard InChI is InChI=1S/C17H21N3O4/c21-11-12-4-3-9-19(12)16(23)7-8-17(24)20-10-15(22)18-13-5-1-2-6-14(13)20/h1-2,5-6,12,21H,3-4,7-11H2,(H,18,22)/t12-/m0/s1. The van der Waals surface area contributed by atoms with Gasteiger partial charge in [-0.25, -0.2) is 0 Å². The highest BCUT2D eigenvalue weighted by atomic mass is 16.3. The minimum Gasteiger partial charge on any atom is -0.394 e. The number of carbonyl (C=O) groups excluding carboxylic acids is 3. The topological polar surface area (TPSA) is 90.0 Å². The average Bonchev–Trinajstić information content (AvgIpc) is 3.07. The van der Waals surface area contributed by atoms with Crippen molar-refractivity contribution in [1.29, 1.82) is 0 Å². The molecule has 0 spiro atoms. The van der Waals surface area contributed by atoms with Crippen LogP contribution in [0, 0.1) is 0 Å². The summed E-state index contributed by atoms with van der Waals surface area (Å²) in [6.45, 7) is 0.555. The van der Waals surface area contributed by atoms with E-state index >= 15 is 0 Å². The van der Waals surface area contributed by atoms with Gasteiger partial charge in [0.2, 0.25) is 17.7 Å². The minimum atomic E-state index is -0.245. The second kappa shape index (κ2) is 7.00. The van der Waals surface area contributed by atoms with E-state index in [1.54, 1.807) is 29.2 Å².